The summed E-state index contributed by atoms with van der Waals surface area (Å²) < 4.78 is 10.4. The normalized spacial score (nSPS) is 10.3. The highest BCUT2D eigenvalue weighted by molar-refractivity contribution is 6.37. The maximum atomic E-state index is 11.8. The van der Waals surface area contributed by atoms with E-state index in [0.717, 1.165) is 17.7 Å². The first kappa shape index (κ1) is 18.4. The van der Waals surface area contributed by atoms with Crippen molar-refractivity contribution in [1.29, 1.82) is 0 Å². The molecule has 2 aromatic rings. The van der Waals surface area contributed by atoms with E-state index in [1.165, 1.54) is 13.2 Å². The number of benzene rings is 2. The van der Waals surface area contributed by atoms with Crippen molar-refractivity contribution >= 4 is 34.9 Å². The Bertz CT molecular complexity index is 719. The van der Waals surface area contributed by atoms with E-state index < -0.39 is 5.97 Å². The highest BCUT2D eigenvalue weighted by Gasteiger charge is 2.16. The van der Waals surface area contributed by atoms with Crippen LogP contribution in [0.15, 0.2) is 36.4 Å². The SMILES string of the molecule is COC(=O)c1cc(Cl)cc(Cl)c1NCCCOc1cccc(C)c1. The molecule has 128 valence electrons. The van der Waals surface area contributed by atoms with Crippen LogP contribution in [0.5, 0.6) is 5.75 Å². The number of halogens is 2. The van der Waals surface area contributed by atoms with Gasteiger partial charge in [0.1, 0.15) is 5.75 Å². The molecule has 6 heteroatoms. The van der Waals surface area contributed by atoms with Gasteiger partial charge in [-0.1, -0.05) is 35.3 Å². The van der Waals surface area contributed by atoms with E-state index in [1.807, 2.05) is 31.2 Å². The summed E-state index contributed by atoms with van der Waals surface area (Å²) in [7, 11) is 1.32. The van der Waals surface area contributed by atoms with Crippen molar-refractivity contribution in [3.63, 3.8) is 0 Å². The third kappa shape index (κ3) is 5.05. The van der Waals surface area contributed by atoms with Crippen molar-refractivity contribution in [2.75, 3.05) is 25.6 Å². The molecule has 2 rings (SSSR count). The number of rotatable bonds is 7. The van der Waals surface area contributed by atoms with Gasteiger partial charge in [-0.25, -0.2) is 4.79 Å². The topological polar surface area (TPSA) is 47.6 Å². The molecule has 2 aromatic carbocycles. The van der Waals surface area contributed by atoms with E-state index in [1.54, 1.807) is 6.07 Å². The fourth-order valence-corrected chi connectivity index (χ4v) is 2.77. The lowest BCUT2D eigenvalue weighted by Crippen LogP contribution is -2.12. The number of aryl methyl sites for hydroxylation is 1. The summed E-state index contributed by atoms with van der Waals surface area (Å²) in [6.45, 7) is 3.16. The number of anilines is 1. The number of ether oxygens (including phenoxy) is 2. The Morgan fingerprint density at radius 1 is 1.21 bits per heavy atom. The number of hydrogen-bond acceptors (Lipinski definition) is 4. The summed E-state index contributed by atoms with van der Waals surface area (Å²) in [6.07, 6.45) is 0.744. The van der Waals surface area contributed by atoms with Crippen molar-refractivity contribution in [2.45, 2.75) is 13.3 Å². The van der Waals surface area contributed by atoms with Gasteiger partial charge >= 0.3 is 5.97 Å². The first-order valence-electron chi connectivity index (χ1n) is 7.52. The number of nitrogens with one attached hydrogen (secondary N) is 1. The lowest BCUT2D eigenvalue weighted by atomic mass is 10.1. The largest absolute Gasteiger partial charge is 0.494 e. The van der Waals surface area contributed by atoms with E-state index in [-0.39, 0.29) is 0 Å². The van der Waals surface area contributed by atoms with Gasteiger partial charge in [0.05, 0.1) is 30.0 Å². The molecule has 24 heavy (non-hydrogen) atoms. The smallest absolute Gasteiger partial charge is 0.340 e. The van der Waals surface area contributed by atoms with E-state index in [0.29, 0.717) is 34.4 Å². The minimum atomic E-state index is -0.488. The standard InChI is InChI=1S/C18H19Cl2NO3/c1-12-5-3-6-14(9-12)24-8-4-7-21-17-15(18(22)23-2)10-13(19)11-16(17)20/h3,5-6,9-11,21H,4,7-8H2,1-2H3. The van der Waals surface area contributed by atoms with Gasteiger partial charge < -0.3 is 14.8 Å². The van der Waals surface area contributed by atoms with Gasteiger partial charge in [0.2, 0.25) is 0 Å². The van der Waals surface area contributed by atoms with Crippen LogP contribution in [0.25, 0.3) is 0 Å². The third-order valence-corrected chi connectivity index (χ3v) is 3.86. The summed E-state index contributed by atoms with van der Waals surface area (Å²) in [5, 5.41) is 3.91. The molecule has 0 aliphatic rings. The van der Waals surface area contributed by atoms with Gasteiger partial charge in [-0.15, -0.1) is 0 Å². The molecule has 0 radical (unpaired) electrons. The van der Waals surface area contributed by atoms with Crippen LogP contribution in [0.4, 0.5) is 5.69 Å². The summed E-state index contributed by atoms with van der Waals surface area (Å²) in [5.41, 5.74) is 1.99. The quantitative estimate of drug-likeness (QED) is 0.554. The van der Waals surface area contributed by atoms with Gasteiger partial charge in [-0.3, -0.25) is 0 Å². The summed E-state index contributed by atoms with van der Waals surface area (Å²) >= 11 is 12.1. The first-order valence-corrected chi connectivity index (χ1v) is 8.27. The summed E-state index contributed by atoms with van der Waals surface area (Å²) in [4.78, 5) is 11.8. The molecule has 0 atom stereocenters. The molecule has 0 bridgehead atoms. The predicted molar refractivity (Wildman–Crippen MR) is 97.6 cm³/mol. The minimum Gasteiger partial charge on any atom is -0.494 e. The van der Waals surface area contributed by atoms with Gasteiger partial charge in [-0.05, 0) is 43.2 Å². The Morgan fingerprint density at radius 3 is 2.71 bits per heavy atom. The number of esters is 1. The molecule has 0 fully saturated rings. The second-order valence-corrected chi connectivity index (χ2v) is 6.09. The Kier molecular flexibility index (Phi) is 6.76. The lowest BCUT2D eigenvalue weighted by Gasteiger charge is -2.13. The van der Waals surface area contributed by atoms with Crippen molar-refractivity contribution in [3.8, 4) is 5.75 Å². The third-order valence-electron chi connectivity index (χ3n) is 3.34. The minimum absolute atomic E-state index is 0.314. The molecule has 0 aromatic heterocycles. The van der Waals surface area contributed by atoms with Gasteiger partial charge in [0.15, 0.2) is 0 Å². The molecule has 0 amide bonds. The summed E-state index contributed by atoms with van der Waals surface area (Å²) in [5.74, 6) is 0.354. The molecule has 1 N–H and O–H groups in total. The zero-order valence-electron chi connectivity index (χ0n) is 13.6. The maximum Gasteiger partial charge on any atom is 0.340 e. The van der Waals surface area contributed by atoms with E-state index in [2.05, 4.69) is 5.32 Å². The van der Waals surface area contributed by atoms with E-state index in [4.69, 9.17) is 32.7 Å². The van der Waals surface area contributed by atoms with Crippen molar-refractivity contribution in [2.24, 2.45) is 0 Å². The molecule has 0 saturated heterocycles. The maximum absolute atomic E-state index is 11.8. The van der Waals surface area contributed by atoms with Crippen LogP contribution in [-0.2, 0) is 4.74 Å². The Balaban J connectivity index is 1.91. The van der Waals surface area contributed by atoms with Crippen LogP contribution in [0, 0.1) is 6.92 Å². The highest BCUT2D eigenvalue weighted by Crippen LogP contribution is 2.30. The first-order chi connectivity index (χ1) is 11.5. The number of hydrogen-bond donors (Lipinski definition) is 1. The molecule has 0 aliphatic heterocycles. The van der Waals surface area contributed by atoms with Crippen molar-refractivity contribution in [3.05, 3.63) is 57.6 Å². The van der Waals surface area contributed by atoms with Crippen molar-refractivity contribution in [1.82, 2.24) is 0 Å². The van der Waals surface area contributed by atoms with Crippen molar-refractivity contribution < 1.29 is 14.3 Å². The molecular weight excluding hydrogens is 349 g/mol. The highest BCUT2D eigenvalue weighted by atomic mass is 35.5. The van der Waals surface area contributed by atoms with Crippen LogP contribution >= 0.6 is 23.2 Å². The van der Waals surface area contributed by atoms with Gasteiger partial charge in [-0.2, -0.15) is 0 Å². The van der Waals surface area contributed by atoms with Crippen LogP contribution in [0.3, 0.4) is 0 Å². The lowest BCUT2D eigenvalue weighted by molar-refractivity contribution is 0.0602. The predicted octanol–water partition coefficient (Wildman–Crippen LogP) is 4.97. The van der Waals surface area contributed by atoms with E-state index in [9.17, 15) is 4.79 Å². The Labute approximate surface area is 151 Å². The zero-order chi connectivity index (χ0) is 17.5. The van der Waals surface area contributed by atoms with E-state index >= 15 is 0 Å². The van der Waals surface area contributed by atoms with Crippen LogP contribution in [-0.4, -0.2) is 26.2 Å². The number of methoxy groups -OCH3 is 1. The molecule has 0 unspecified atom stereocenters. The monoisotopic (exact) mass is 367 g/mol. The van der Waals surface area contributed by atoms with Gasteiger partial charge in [0.25, 0.3) is 0 Å². The van der Waals surface area contributed by atoms with Gasteiger partial charge in [0, 0.05) is 11.6 Å². The molecule has 0 heterocycles. The molecule has 0 spiro atoms. The Morgan fingerprint density at radius 2 is 2.00 bits per heavy atom. The number of carbonyl (C=O) groups excluding carboxylic acids is 1. The average molecular weight is 368 g/mol. The van der Waals surface area contributed by atoms with Crippen LogP contribution in [0.2, 0.25) is 10.0 Å². The summed E-state index contributed by atoms with van der Waals surface area (Å²) in [6, 6.07) is 11.0. The molecule has 0 aliphatic carbocycles. The fourth-order valence-electron chi connectivity index (χ4n) is 2.20. The fraction of sp³-hybridized carbons (Fsp3) is 0.278. The Hall–Kier alpha value is -1.91. The molecular formula is C18H19Cl2NO3. The average Bonchev–Trinajstić information content (AvgIpc) is 2.55. The van der Waals surface area contributed by atoms with Crippen LogP contribution < -0.4 is 10.1 Å². The number of carbonyl (C=O) groups is 1. The molecule has 0 saturated carbocycles. The zero-order valence-corrected chi connectivity index (χ0v) is 15.1. The molecule has 4 nitrogen and oxygen atoms in total. The van der Waals surface area contributed by atoms with Crippen LogP contribution in [0.1, 0.15) is 22.3 Å². The second-order valence-electron chi connectivity index (χ2n) is 5.25. The second kappa shape index (κ2) is 8.81.